The van der Waals surface area contributed by atoms with Crippen LogP contribution in [0.3, 0.4) is 0 Å². The molecule has 22 heavy (non-hydrogen) atoms. The zero-order valence-corrected chi connectivity index (χ0v) is 12.8. The minimum atomic E-state index is -0.812. The highest BCUT2D eigenvalue weighted by molar-refractivity contribution is 6.06. The van der Waals surface area contributed by atoms with Gasteiger partial charge in [-0.25, -0.2) is 9.59 Å². The van der Waals surface area contributed by atoms with E-state index >= 15 is 0 Å². The van der Waals surface area contributed by atoms with Crippen LogP contribution in [-0.4, -0.2) is 42.6 Å². The van der Waals surface area contributed by atoms with Gasteiger partial charge >= 0.3 is 11.9 Å². The van der Waals surface area contributed by atoms with Crippen LogP contribution >= 0.6 is 0 Å². The Balaban J connectivity index is 2.04. The lowest BCUT2D eigenvalue weighted by Crippen LogP contribution is -2.26. The summed E-state index contributed by atoms with van der Waals surface area (Å²) in [6.07, 6.45) is 2.18. The molecule has 1 fully saturated rings. The average molecular weight is 306 g/mol. The molecule has 118 valence electrons. The van der Waals surface area contributed by atoms with Gasteiger partial charge in [-0.3, -0.25) is 4.79 Å². The SMILES string of the molecule is COC(=O)/C(C)=C1\C(=O)C[C@]2(C)O[C@@H]2CCC2=C[C@@H]1OC2=O. The predicted molar refractivity (Wildman–Crippen MR) is 74.8 cm³/mol. The zero-order valence-electron chi connectivity index (χ0n) is 12.8. The van der Waals surface area contributed by atoms with Gasteiger partial charge in [-0.2, -0.15) is 0 Å². The molecular weight excluding hydrogens is 288 g/mol. The second-order valence-electron chi connectivity index (χ2n) is 6.11. The minimum Gasteiger partial charge on any atom is -0.466 e. The summed E-state index contributed by atoms with van der Waals surface area (Å²) in [5.74, 6) is -1.28. The molecule has 3 rings (SSSR count). The standard InChI is InChI=1S/C16H18O6/c1-8(14(18)20-3)13-10(17)7-16(2)12(22-16)5-4-9-6-11(13)21-15(9)19/h6,11-12H,4-5,7H2,1-3H3/b13-8+/t11-,12+,16-/m0/s1. The summed E-state index contributed by atoms with van der Waals surface area (Å²) in [6, 6.07) is 0. The third-order valence-corrected chi connectivity index (χ3v) is 4.55. The summed E-state index contributed by atoms with van der Waals surface area (Å²) in [6.45, 7) is 3.39. The molecule has 2 heterocycles. The van der Waals surface area contributed by atoms with Gasteiger partial charge in [0.05, 0.1) is 18.8 Å². The highest BCUT2D eigenvalue weighted by atomic mass is 16.6. The Morgan fingerprint density at radius 3 is 2.82 bits per heavy atom. The first-order valence-electron chi connectivity index (χ1n) is 7.27. The fourth-order valence-electron chi connectivity index (χ4n) is 3.16. The third kappa shape index (κ3) is 2.37. The smallest absolute Gasteiger partial charge is 0.334 e. The van der Waals surface area contributed by atoms with Crippen molar-refractivity contribution in [3.63, 3.8) is 0 Å². The quantitative estimate of drug-likeness (QED) is 0.412. The minimum absolute atomic E-state index is 0.0398. The van der Waals surface area contributed by atoms with Crippen LogP contribution in [0.1, 0.15) is 33.1 Å². The van der Waals surface area contributed by atoms with Crippen molar-refractivity contribution in [2.75, 3.05) is 7.11 Å². The second kappa shape index (κ2) is 5.05. The Hall–Kier alpha value is -1.95. The van der Waals surface area contributed by atoms with Crippen molar-refractivity contribution in [2.24, 2.45) is 0 Å². The number of carbonyl (C=O) groups is 3. The lowest BCUT2D eigenvalue weighted by molar-refractivity contribution is -0.140. The highest BCUT2D eigenvalue weighted by Gasteiger charge is 2.54. The van der Waals surface area contributed by atoms with Gasteiger partial charge in [0, 0.05) is 23.1 Å². The van der Waals surface area contributed by atoms with E-state index in [1.54, 1.807) is 6.08 Å². The Morgan fingerprint density at radius 1 is 1.41 bits per heavy atom. The van der Waals surface area contributed by atoms with Crippen LogP contribution in [-0.2, 0) is 28.6 Å². The topological polar surface area (TPSA) is 82.2 Å². The van der Waals surface area contributed by atoms with Crippen LogP contribution in [0.4, 0.5) is 0 Å². The van der Waals surface area contributed by atoms with Gasteiger partial charge in [0.2, 0.25) is 0 Å². The van der Waals surface area contributed by atoms with Gasteiger partial charge < -0.3 is 14.2 Å². The Bertz CT molecular complexity index is 629. The number of epoxide rings is 1. The monoisotopic (exact) mass is 306 g/mol. The number of hydrogen-bond acceptors (Lipinski definition) is 6. The van der Waals surface area contributed by atoms with Crippen molar-refractivity contribution in [3.05, 3.63) is 22.8 Å². The van der Waals surface area contributed by atoms with Crippen molar-refractivity contribution in [1.29, 1.82) is 0 Å². The molecule has 0 amide bonds. The van der Waals surface area contributed by atoms with Crippen molar-refractivity contribution >= 4 is 17.7 Å². The molecular formula is C16H18O6. The van der Waals surface area contributed by atoms with Gasteiger partial charge in [0.15, 0.2) is 11.9 Å². The maximum absolute atomic E-state index is 12.7. The third-order valence-electron chi connectivity index (χ3n) is 4.55. The summed E-state index contributed by atoms with van der Waals surface area (Å²) in [4.78, 5) is 36.4. The van der Waals surface area contributed by atoms with Gasteiger partial charge in [0.1, 0.15) is 0 Å². The maximum atomic E-state index is 12.7. The molecule has 0 saturated carbocycles. The maximum Gasteiger partial charge on any atom is 0.334 e. The van der Waals surface area contributed by atoms with Crippen molar-refractivity contribution in [2.45, 2.75) is 50.9 Å². The summed E-state index contributed by atoms with van der Waals surface area (Å²) in [5.41, 5.74) is 0.378. The normalized spacial score (nSPS) is 36.0. The first-order chi connectivity index (χ1) is 10.4. The number of methoxy groups -OCH3 is 1. The van der Waals surface area contributed by atoms with E-state index in [9.17, 15) is 14.4 Å². The molecule has 0 aromatic rings. The average Bonchev–Trinajstić information content (AvgIpc) is 2.96. The molecule has 0 aromatic carbocycles. The highest BCUT2D eigenvalue weighted by Crippen LogP contribution is 2.45. The molecule has 1 aliphatic carbocycles. The number of Topliss-reactive ketones (excluding diaryl/α,β-unsaturated/α-hetero) is 1. The molecule has 0 aromatic heterocycles. The van der Waals surface area contributed by atoms with E-state index in [0.29, 0.717) is 18.4 Å². The number of esters is 2. The number of carbonyl (C=O) groups excluding carboxylic acids is 3. The van der Waals surface area contributed by atoms with E-state index in [-0.39, 0.29) is 29.5 Å². The summed E-state index contributed by atoms with van der Waals surface area (Å²) in [7, 11) is 1.25. The number of fused-ring (bicyclic) bond motifs is 2. The molecule has 0 unspecified atom stereocenters. The Morgan fingerprint density at radius 2 is 2.14 bits per heavy atom. The molecule has 0 spiro atoms. The summed E-state index contributed by atoms with van der Waals surface area (Å²) in [5, 5.41) is 0. The van der Waals surface area contributed by atoms with Crippen molar-refractivity contribution < 1.29 is 28.6 Å². The fourth-order valence-corrected chi connectivity index (χ4v) is 3.16. The van der Waals surface area contributed by atoms with Crippen LogP contribution in [0.5, 0.6) is 0 Å². The molecule has 0 radical (unpaired) electrons. The molecule has 2 bridgehead atoms. The van der Waals surface area contributed by atoms with Gasteiger partial charge in [-0.1, -0.05) is 0 Å². The van der Waals surface area contributed by atoms with E-state index in [2.05, 4.69) is 0 Å². The second-order valence-corrected chi connectivity index (χ2v) is 6.11. The van der Waals surface area contributed by atoms with E-state index in [1.165, 1.54) is 14.0 Å². The first-order valence-corrected chi connectivity index (χ1v) is 7.27. The molecule has 0 N–H and O–H groups in total. The van der Waals surface area contributed by atoms with E-state index < -0.39 is 23.6 Å². The van der Waals surface area contributed by atoms with Crippen LogP contribution in [0.25, 0.3) is 0 Å². The number of rotatable bonds is 1. The summed E-state index contributed by atoms with van der Waals surface area (Å²) >= 11 is 0. The van der Waals surface area contributed by atoms with Crippen molar-refractivity contribution in [1.82, 2.24) is 0 Å². The van der Waals surface area contributed by atoms with Crippen LogP contribution in [0.2, 0.25) is 0 Å². The Labute approximate surface area is 128 Å². The van der Waals surface area contributed by atoms with Crippen molar-refractivity contribution in [3.8, 4) is 0 Å². The number of ketones is 1. The number of ether oxygens (including phenoxy) is 3. The number of hydrogen-bond donors (Lipinski definition) is 0. The molecule has 2 aliphatic heterocycles. The fraction of sp³-hybridized carbons (Fsp3) is 0.562. The van der Waals surface area contributed by atoms with Gasteiger partial charge in [-0.15, -0.1) is 0 Å². The predicted octanol–water partition coefficient (Wildman–Crippen LogP) is 1.24. The molecule has 3 atom stereocenters. The lowest BCUT2D eigenvalue weighted by atomic mass is 9.88. The van der Waals surface area contributed by atoms with Crippen LogP contribution in [0.15, 0.2) is 22.8 Å². The lowest BCUT2D eigenvalue weighted by Gasteiger charge is -2.16. The van der Waals surface area contributed by atoms with Crippen LogP contribution < -0.4 is 0 Å². The molecule has 6 nitrogen and oxygen atoms in total. The summed E-state index contributed by atoms with van der Waals surface area (Å²) < 4.78 is 15.6. The van der Waals surface area contributed by atoms with E-state index in [0.717, 1.165) is 0 Å². The molecule has 6 heteroatoms. The van der Waals surface area contributed by atoms with Crippen LogP contribution in [0, 0.1) is 0 Å². The largest absolute Gasteiger partial charge is 0.466 e. The Kier molecular flexibility index (Phi) is 3.44. The first kappa shape index (κ1) is 15.0. The zero-order chi connectivity index (χ0) is 16.1. The van der Waals surface area contributed by atoms with Gasteiger partial charge in [0.25, 0.3) is 0 Å². The molecule has 3 aliphatic rings. The molecule has 1 saturated heterocycles. The van der Waals surface area contributed by atoms with E-state index in [4.69, 9.17) is 14.2 Å². The van der Waals surface area contributed by atoms with E-state index in [1.807, 2.05) is 6.92 Å². The van der Waals surface area contributed by atoms with Gasteiger partial charge in [-0.05, 0) is 32.8 Å².